The Morgan fingerprint density at radius 3 is 2.92 bits per heavy atom. The van der Waals surface area contributed by atoms with Crippen molar-refractivity contribution in [2.45, 2.75) is 50.5 Å². The predicted octanol–water partition coefficient (Wildman–Crippen LogP) is 2.59. The summed E-state index contributed by atoms with van der Waals surface area (Å²) in [6.45, 7) is 2.42. The largest absolute Gasteiger partial charge is 0.493 e. The maximum Gasteiger partial charge on any atom is 0.231 e. The van der Waals surface area contributed by atoms with Crippen molar-refractivity contribution in [2.24, 2.45) is 0 Å². The van der Waals surface area contributed by atoms with Gasteiger partial charge in [-0.15, -0.1) is 0 Å². The number of nitrogens with one attached hydrogen (secondary N) is 1. The maximum absolute atomic E-state index is 6.19. The molecule has 0 radical (unpaired) electrons. The van der Waals surface area contributed by atoms with Gasteiger partial charge in [-0.1, -0.05) is 6.42 Å². The lowest BCUT2D eigenvalue weighted by molar-refractivity contribution is -0.186. The smallest absolute Gasteiger partial charge is 0.231 e. The molecule has 1 saturated carbocycles. The summed E-state index contributed by atoms with van der Waals surface area (Å²) in [4.78, 5) is 0. The van der Waals surface area contributed by atoms with Gasteiger partial charge in [0.2, 0.25) is 12.5 Å². The van der Waals surface area contributed by atoms with Gasteiger partial charge in [0, 0.05) is 25.9 Å². The molecule has 0 amide bonds. The first-order valence-electron chi connectivity index (χ1n) is 8.77. The van der Waals surface area contributed by atoms with Gasteiger partial charge in [0.25, 0.3) is 0 Å². The molecule has 1 atom stereocenters. The first-order valence-corrected chi connectivity index (χ1v) is 8.77. The van der Waals surface area contributed by atoms with Gasteiger partial charge in [-0.2, -0.15) is 0 Å². The lowest BCUT2D eigenvalue weighted by atomic mass is 9.94. The summed E-state index contributed by atoms with van der Waals surface area (Å²) in [6.07, 6.45) is 5.89. The fourth-order valence-electron chi connectivity index (χ4n) is 3.73. The van der Waals surface area contributed by atoms with E-state index in [9.17, 15) is 0 Å². The van der Waals surface area contributed by atoms with E-state index < -0.39 is 0 Å². The molecular weight excluding hydrogens is 310 g/mol. The van der Waals surface area contributed by atoms with E-state index in [-0.39, 0.29) is 18.7 Å². The first-order chi connectivity index (χ1) is 11.8. The minimum absolute atomic E-state index is 0.124. The van der Waals surface area contributed by atoms with Crippen LogP contribution >= 0.6 is 0 Å². The molecule has 1 spiro atoms. The quantitative estimate of drug-likeness (QED) is 0.892. The van der Waals surface area contributed by atoms with Crippen LogP contribution in [0.3, 0.4) is 0 Å². The molecule has 0 aromatic heterocycles. The zero-order valence-corrected chi connectivity index (χ0v) is 14.1. The average molecular weight is 335 g/mol. The summed E-state index contributed by atoms with van der Waals surface area (Å²) in [7, 11) is 1.64. The molecule has 1 saturated heterocycles. The molecule has 3 aliphatic rings. The summed E-state index contributed by atoms with van der Waals surface area (Å²) in [5.41, 5.74) is 1.10. The van der Waals surface area contributed by atoms with Crippen molar-refractivity contribution >= 4 is 0 Å². The summed E-state index contributed by atoms with van der Waals surface area (Å²) >= 11 is 0. The zero-order chi connectivity index (χ0) is 16.4. The number of ether oxygens (including phenoxy) is 5. The van der Waals surface area contributed by atoms with Crippen LogP contribution in [0.4, 0.5) is 0 Å². The molecule has 1 aliphatic carbocycles. The van der Waals surface area contributed by atoms with Gasteiger partial charge in [0.15, 0.2) is 17.3 Å². The lowest BCUT2D eigenvalue weighted by Gasteiger charge is -2.31. The fraction of sp³-hybridized carbons (Fsp3) is 0.667. The van der Waals surface area contributed by atoms with Crippen LogP contribution in [-0.2, 0) is 16.0 Å². The predicted molar refractivity (Wildman–Crippen MR) is 87.5 cm³/mol. The van der Waals surface area contributed by atoms with Crippen molar-refractivity contribution in [1.29, 1.82) is 0 Å². The van der Waals surface area contributed by atoms with Crippen LogP contribution in [0.25, 0.3) is 0 Å². The molecule has 4 rings (SSSR count). The maximum atomic E-state index is 6.19. The first kappa shape index (κ1) is 16.0. The van der Waals surface area contributed by atoms with E-state index in [0.29, 0.717) is 18.1 Å². The lowest BCUT2D eigenvalue weighted by Crippen LogP contribution is -2.35. The molecule has 1 N–H and O–H groups in total. The van der Waals surface area contributed by atoms with E-state index in [0.717, 1.165) is 37.2 Å². The van der Waals surface area contributed by atoms with E-state index in [1.165, 1.54) is 19.3 Å². The van der Waals surface area contributed by atoms with Gasteiger partial charge in [-0.05, 0) is 30.5 Å². The minimum Gasteiger partial charge on any atom is -0.493 e. The normalized spacial score (nSPS) is 24.5. The number of methoxy groups -OCH3 is 1. The molecule has 2 heterocycles. The molecule has 1 unspecified atom stereocenters. The third-order valence-electron chi connectivity index (χ3n) is 4.95. The van der Waals surface area contributed by atoms with Gasteiger partial charge < -0.3 is 29.0 Å². The molecular formula is C18H25NO5. The average Bonchev–Trinajstić information content (AvgIpc) is 3.22. The molecule has 1 aromatic rings. The molecule has 0 bridgehead atoms. The third kappa shape index (κ3) is 3.18. The second-order valence-electron chi connectivity index (χ2n) is 6.68. The van der Waals surface area contributed by atoms with E-state index in [2.05, 4.69) is 5.32 Å². The zero-order valence-electron chi connectivity index (χ0n) is 14.1. The van der Waals surface area contributed by atoms with Gasteiger partial charge in [-0.3, -0.25) is 0 Å². The molecule has 132 valence electrons. The molecule has 6 nitrogen and oxygen atoms in total. The van der Waals surface area contributed by atoms with Crippen LogP contribution < -0.4 is 19.5 Å². The molecule has 6 heteroatoms. The molecule has 1 aromatic carbocycles. The Balaban J connectivity index is 1.30. The number of hydrogen-bond donors (Lipinski definition) is 1. The number of fused-ring (bicyclic) bond motifs is 1. The Bertz CT molecular complexity index is 585. The van der Waals surface area contributed by atoms with Gasteiger partial charge in [0.05, 0.1) is 19.8 Å². The van der Waals surface area contributed by atoms with Crippen molar-refractivity contribution in [3.05, 3.63) is 17.7 Å². The second-order valence-corrected chi connectivity index (χ2v) is 6.68. The van der Waals surface area contributed by atoms with Crippen LogP contribution in [0.15, 0.2) is 12.1 Å². The molecule has 24 heavy (non-hydrogen) atoms. The molecule has 2 aliphatic heterocycles. The van der Waals surface area contributed by atoms with E-state index in [4.69, 9.17) is 23.7 Å². The van der Waals surface area contributed by atoms with E-state index >= 15 is 0 Å². The second kappa shape index (κ2) is 6.78. The minimum atomic E-state index is -0.299. The van der Waals surface area contributed by atoms with E-state index in [1.54, 1.807) is 7.11 Å². The Labute approximate surface area is 142 Å². The fourth-order valence-corrected chi connectivity index (χ4v) is 3.73. The van der Waals surface area contributed by atoms with Crippen LogP contribution in [0.2, 0.25) is 0 Å². The van der Waals surface area contributed by atoms with Crippen molar-refractivity contribution < 1.29 is 23.7 Å². The number of hydrogen-bond acceptors (Lipinski definition) is 6. The van der Waals surface area contributed by atoms with Crippen LogP contribution in [0, 0.1) is 0 Å². The summed E-state index contributed by atoms with van der Waals surface area (Å²) in [5.74, 6) is 1.84. The standard InChI is InChI=1S/C18H25NO5/c1-20-15-7-13(8-16-17(15)22-12-21-16)9-19-10-14-11-23-18(24-14)5-3-2-4-6-18/h7-8,14,19H,2-6,9-12H2,1H3. The third-order valence-corrected chi connectivity index (χ3v) is 4.95. The highest BCUT2D eigenvalue weighted by molar-refractivity contribution is 5.55. The van der Waals surface area contributed by atoms with Crippen LogP contribution in [-0.4, -0.2) is 38.9 Å². The summed E-state index contributed by atoms with van der Waals surface area (Å²) < 4.78 is 28.4. The van der Waals surface area contributed by atoms with Gasteiger partial charge in [-0.25, -0.2) is 0 Å². The summed E-state index contributed by atoms with van der Waals surface area (Å²) in [6, 6.07) is 3.97. The highest BCUT2D eigenvalue weighted by Crippen LogP contribution is 2.42. The van der Waals surface area contributed by atoms with Gasteiger partial charge >= 0.3 is 0 Å². The van der Waals surface area contributed by atoms with Crippen molar-refractivity contribution in [3.63, 3.8) is 0 Å². The molecule has 2 fully saturated rings. The van der Waals surface area contributed by atoms with Crippen LogP contribution in [0.1, 0.15) is 37.7 Å². The monoisotopic (exact) mass is 335 g/mol. The SMILES string of the molecule is COc1cc(CNCC2COC3(CCCCC3)O2)cc2c1OCO2. The van der Waals surface area contributed by atoms with Crippen molar-refractivity contribution in [3.8, 4) is 17.2 Å². The Morgan fingerprint density at radius 2 is 2.08 bits per heavy atom. The van der Waals surface area contributed by atoms with E-state index in [1.807, 2.05) is 12.1 Å². The Morgan fingerprint density at radius 1 is 1.21 bits per heavy atom. The van der Waals surface area contributed by atoms with Crippen molar-refractivity contribution in [2.75, 3.05) is 27.1 Å². The highest BCUT2D eigenvalue weighted by Gasteiger charge is 2.41. The number of benzene rings is 1. The van der Waals surface area contributed by atoms with Gasteiger partial charge in [0.1, 0.15) is 0 Å². The Hall–Kier alpha value is -1.50. The Kier molecular flexibility index (Phi) is 4.52. The summed E-state index contributed by atoms with van der Waals surface area (Å²) in [5, 5.41) is 3.45. The van der Waals surface area contributed by atoms with Crippen LogP contribution in [0.5, 0.6) is 17.2 Å². The van der Waals surface area contributed by atoms with Crippen molar-refractivity contribution in [1.82, 2.24) is 5.32 Å². The topological polar surface area (TPSA) is 58.2 Å². The highest BCUT2D eigenvalue weighted by atomic mass is 16.7. The number of rotatable bonds is 5.